The van der Waals surface area contributed by atoms with Crippen LogP contribution in [0.4, 0.5) is 0 Å². The molecule has 28 heavy (non-hydrogen) atoms. The monoisotopic (exact) mass is 381 g/mol. The Kier molecular flexibility index (Phi) is 7.06. The van der Waals surface area contributed by atoms with Crippen molar-refractivity contribution < 1.29 is 9.90 Å². The zero-order chi connectivity index (χ0) is 19.9. The molecule has 1 aliphatic heterocycles. The van der Waals surface area contributed by atoms with E-state index < -0.39 is 0 Å². The number of hydrogen-bond acceptors (Lipinski definition) is 4. The maximum Gasteiger partial charge on any atom is 0.257 e. The molecular weight excluding hydrogens is 350 g/mol. The number of carbonyl (C=O) groups is 1. The fraction of sp³-hybridized carbons (Fsp3) is 0.435. The van der Waals surface area contributed by atoms with Crippen molar-refractivity contribution in [2.75, 3.05) is 45.8 Å². The van der Waals surface area contributed by atoms with Crippen LogP contribution in [0.15, 0.2) is 54.6 Å². The SMILES string of the molecule is CCN(CC)CCN1CCN(C(=O)c2ccccc2O)CC1c1ccccc1. The molecule has 1 aliphatic rings. The fourth-order valence-electron chi connectivity index (χ4n) is 3.90. The van der Waals surface area contributed by atoms with Crippen molar-refractivity contribution >= 4 is 5.91 Å². The van der Waals surface area contributed by atoms with Gasteiger partial charge in [0.2, 0.25) is 0 Å². The lowest BCUT2D eigenvalue weighted by atomic mass is 10.0. The predicted octanol–water partition coefficient (Wildman–Crippen LogP) is 3.23. The zero-order valence-electron chi connectivity index (χ0n) is 16.9. The van der Waals surface area contributed by atoms with E-state index in [4.69, 9.17) is 0 Å². The second kappa shape index (κ2) is 9.71. The molecule has 2 aromatic rings. The summed E-state index contributed by atoms with van der Waals surface area (Å²) in [5, 5.41) is 10.1. The third-order valence-electron chi connectivity index (χ3n) is 5.70. The van der Waals surface area contributed by atoms with Gasteiger partial charge in [-0.05, 0) is 30.8 Å². The minimum atomic E-state index is -0.0950. The number of benzene rings is 2. The van der Waals surface area contributed by atoms with Gasteiger partial charge in [-0.25, -0.2) is 0 Å². The van der Waals surface area contributed by atoms with Gasteiger partial charge in [-0.15, -0.1) is 0 Å². The highest BCUT2D eigenvalue weighted by atomic mass is 16.3. The van der Waals surface area contributed by atoms with Crippen molar-refractivity contribution in [3.63, 3.8) is 0 Å². The molecule has 3 rings (SSSR count). The molecule has 1 N–H and O–H groups in total. The Hall–Kier alpha value is -2.37. The van der Waals surface area contributed by atoms with Crippen molar-refractivity contribution in [2.45, 2.75) is 19.9 Å². The van der Waals surface area contributed by atoms with Gasteiger partial charge in [-0.3, -0.25) is 9.69 Å². The van der Waals surface area contributed by atoms with E-state index in [9.17, 15) is 9.90 Å². The quantitative estimate of drug-likeness (QED) is 0.800. The molecule has 0 saturated carbocycles. The van der Waals surface area contributed by atoms with Crippen LogP contribution in [0.3, 0.4) is 0 Å². The average molecular weight is 382 g/mol. The second-order valence-corrected chi connectivity index (χ2v) is 7.26. The Balaban J connectivity index is 1.77. The molecule has 5 heteroatoms. The summed E-state index contributed by atoms with van der Waals surface area (Å²) in [5.74, 6) is -0.0462. The first kappa shape index (κ1) is 20.4. The molecule has 1 amide bonds. The van der Waals surface area contributed by atoms with Crippen molar-refractivity contribution in [1.29, 1.82) is 0 Å². The molecule has 1 heterocycles. The van der Waals surface area contributed by atoms with Gasteiger partial charge in [0.1, 0.15) is 5.75 Å². The molecule has 0 aliphatic carbocycles. The van der Waals surface area contributed by atoms with Crippen molar-refractivity contribution in [3.05, 3.63) is 65.7 Å². The molecule has 1 fully saturated rings. The van der Waals surface area contributed by atoms with E-state index in [1.54, 1.807) is 24.3 Å². The lowest BCUT2D eigenvalue weighted by Gasteiger charge is -2.42. The van der Waals surface area contributed by atoms with E-state index in [0.29, 0.717) is 18.7 Å². The average Bonchev–Trinajstić information content (AvgIpc) is 2.75. The first-order valence-corrected chi connectivity index (χ1v) is 10.2. The Labute approximate surface area is 168 Å². The van der Waals surface area contributed by atoms with E-state index in [2.05, 4.69) is 47.9 Å². The van der Waals surface area contributed by atoms with Gasteiger partial charge in [-0.1, -0.05) is 56.3 Å². The molecule has 2 aromatic carbocycles. The third kappa shape index (κ3) is 4.72. The molecule has 0 radical (unpaired) electrons. The van der Waals surface area contributed by atoms with Crippen LogP contribution in [0.5, 0.6) is 5.75 Å². The van der Waals surface area contributed by atoms with Gasteiger partial charge in [0.05, 0.1) is 11.6 Å². The van der Waals surface area contributed by atoms with Gasteiger partial charge < -0.3 is 14.9 Å². The maximum absolute atomic E-state index is 13.0. The number of nitrogens with zero attached hydrogens (tertiary/aromatic N) is 3. The molecule has 1 saturated heterocycles. The number of piperazine rings is 1. The van der Waals surface area contributed by atoms with Crippen molar-refractivity contribution in [2.24, 2.45) is 0 Å². The number of likely N-dealkylation sites (N-methyl/N-ethyl adjacent to an activating group) is 1. The van der Waals surface area contributed by atoms with Crippen molar-refractivity contribution in [1.82, 2.24) is 14.7 Å². The Morgan fingerprint density at radius 2 is 1.71 bits per heavy atom. The van der Waals surface area contributed by atoms with Crippen molar-refractivity contribution in [3.8, 4) is 5.75 Å². The molecule has 0 spiro atoms. The highest BCUT2D eigenvalue weighted by molar-refractivity contribution is 5.96. The van der Waals surface area contributed by atoms with E-state index in [1.165, 1.54) is 5.56 Å². The highest BCUT2D eigenvalue weighted by Crippen LogP contribution is 2.27. The number of phenolic OH excluding ortho intramolecular Hbond substituents is 1. The number of rotatable bonds is 7. The molecule has 1 unspecified atom stereocenters. The zero-order valence-corrected chi connectivity index (χ0v) is 16.9. The predicted molar refractivity (Wildman–Crippen MR) is 113 cm³/mol. The van der Waals surface area contributed by atoms with Crippen LogP contribution in [0.2, 0.25) is 0 Å². The lowest BCUT2D eigenvalue weighted by Crippen LogP contribution is -2.52. The number of carbonyl (C=O) groups excluding carboxylic acids is 1. The Morgan fingerprint density at radius 1 is 1.04 bits per heavy atom. The van der Waals surface area contributed by atoms with Gasteiger partial charge in [-0.2, -0.15) is 0 Å². The van der Waals surface area contributed by atoms with E-state index >= 15 is 0 Å². The van der Waals surface area contributed by atoms with Crippen LogP contribution in [-0.4, -0.2) is 71.5 Å². The van der Waals surface area contributed by atoms with E-state index in [-0.39, 0.29) is 17.7 Å². The summed E-state index contributed by atoms with van der Waals surface area (Å²) >= 11 is 0. The number of phenols is 1. The van der Waals surface area contributed by atoms with Crippen LogP contribution in [-0.2, 0) is 0 Å². The van der Waals surface area contributed by atoms with Gasteiger partial charge in [0.25, 0.3) is 5.91 Å². The molecule has 150 valence electrons. The number of aromatic hydroxyl groups is 1. The highest BCUT2D eigenvalue weighted by Gasteiger charge is 2.31. The third-order valence-corrected chi connectivity index (χ3v) is 5.70. The molecule has 5 nitrogen and oxygen atoms in total. The number of hydrogen-bond donors (Lipinski definition) is 1. The second-order valence-electron chi connectivity index (χ2n) is 7.26. The summed E-state index contributed by atoms with van der Waals surface area (Å²) in [5.41, 5.74) is 1.61. The fourth-order valence-corrected chi connectivity index (χ4v) is 3.90. The first-order valence-electron chi connectivity index (χ1n) is 10.2. The van der Waals surface area contributed by atoms with Crippen LogP contribution < -0.4 is 0 Å². The maximum atomic E-state index is 13.0. The largest absolute Gasteiger partial charge is 0.507 e. The molecular formula is C23H31N3O2. The van der Waals surface area contributed by atoms with Crippen LogP contribution >= 0.6 is 0 Å². The summed E-state index contributed by atoms with van der Waals surface area (Å²) in [6.45, 7) is 10.7. The minimum Gasteiger partial charge on any atom is -0.507 e. The van der Waals surface area contributed by atoms with Crippen LogP contribution in [0, 0.1) is 0 Å². The summed E-state index contributed by atoms with van der Waals surface area (Å²) in [7, 11) is 0. The van der Waals surface area contributed by atoms with Gasteiger partial charge in [0, 0.05) is 32.7 Å². The summed E-state index contributed by atoms with van der Waals surface area (Å²) < 4.78 is 0. The first-order chi connectivity index (χ1) is 13.6. The summed E-state index contributed by atoms with van der Waals surface area (Å²) in [6.07, 6.45) is 0. The summed E-state index contributed by atoms with van der Waals surface area (Å²) in [6, 6.07) is 17.4. The number of amides is 1. The molecule has 0 aromatic heterocycles. The van der Waals surface area contributed by atoms with Gasteiger partial charge in [0.15, 0.2) is 0 Å². The normalized spacial score (nSPS) is 17.8. The Morgan fingerprint density at radius 3 is 2.39 bits per heavy atom. The van der Waals surface area contributed by atoms with Gasteiger partial charge >= 0.3 is 0 Å². The number of para-hydroxylation sites is 1. The van der Waals surface area contributed by atoms with Crippen LogP contribution in [0.25, 0.3) is 0 Å². The smallest absolute Gasteiger partial charge is 0.257 e. The van der Waals surface area contributed by atoms with E-state index in [1.807, 2.05) is 11.0 Å². The summed E-state index contributed by atoms with van der Waals surface area (Å²) in [4.78, 5) is 19.8. The molecule has 1 atom stereocenters. The standard InChI is InChI=1S/C23H31N3O2/c1-3-24(4-2)14-15-25-16-17-26(18-21(25)19-10-6-5-7-11-19)23(28)20-12-8-9-13-22(20)27/h5-13,21,27H,3-4,14-18H2,1-2H3. The van der Waals surface area contributed by atoms with E-state index in [0.717, 1.165) is 32.7 Å². The Bertz CT molecular complexity index is 761. The van der Waals surface area contributed by atoms with Crippen LogP contribution in [0.1, 0.15) is 35.8 Å². The minimum absolute atomic E-state index is 0.0488. The lowest BCUT2D eigenvalue weighted by molar-refractivity contribution is 0.0449. The topological polar surface area (TPSA) is 47.0 Å². The molecule has 0 bridgehead atoms.